The van der Waals surface area contributed by atoms with Crippen LogP contribution in [0.5, 0.6) is 11.5 Å². The highest BCUT2D eigenvalue weighted by atomic mass is 16.5. The summed E-state index contributed by atoms with van der Waals surface area (Å²) in [7, 11) is 1.60. The summed E-state index contributed by atoms with van der Waals surface area (Å²) >= 11 is 0. The summed E-state index contributed by atoms with van der Waals surface area (Å²) < 4.78 is 19.9. The fourth-order valence-electron chi connectivity index (χ4n) is 4.21. The van der Waals surface area contributed by atoms with E-state index in [9.17, 15) is 9.90 Å². The van der Waals surface area contributed by atoms with Gasteiger partial charge in [0.2, 0.25) is 5.89 Å². The third-order valence-corrected chi connectivity index (χ3v) is 6.07. The zero-order valence-corrected chi connectivity index (χ0v) is 21.1. The number of methoxy groups -OCH3 is 1. The van der Waals surface area contributed by atoms with Gasteiger partial charge < -0.3 is 23.6 Å². The Bertz CT molecular complexity index is 1600. The van der Waals surface area contributed by atoms with Gasteiger partial charge in [-0.15, -0.1) is 0 Å². The Morgan fingerprint density at radius 2 is 1.68 bits per heavy atom. The summed E-state index contributed by atoms with van der Waals surface area (Å²) in [6, 6.07) is 14.9. The molecule has 1 N–H and O–H groups in total. The van der Waals surface area contributed by atoms with E-state index < -0.39 is 0 Å². The van der Waals surface area contributed by atoms with Crippen LogP contribution in [0.25, 0.3) is 28.2 Å². The summed E-state index contributed by atoms with van der Waals surface area (Å²) in [4.78, 5) is 18.1. The monoisotopic (exact) mass is 500 g/mol. The Balaban J connectivity index is 1.47. The molecular weight excluding hydrogens is 472 g/mol. The van der Waals surface area contributed by atoms with E-state index >= 15 is 0 Å². The SMILES string of the molecule is COc1ccc(-c2nn3ccn(Cc4nc(-c5ccc(OC(C)C)cc5)oc4C)c(=O)c3c2CO)cc1. The maximum atomic E-state index is 13.5. The fraction of sp³-hybridized carbons (Fsp3) is 0.250. The third kappa shape index (κ3) is 4.73. The number of fused-ring (bicyclic) bond motifs is 1. The second-order valence-corrected chi connectivity index (χ2v) is 8.95. The minimum atomic E-state index is -0.326. The van der Waals surface area contributed by atoms with Crippen molar-refractivity contribution in [3.05, 3.63) is 88.3 Å². The molecule has 0 radical (unpaired) electrons. The van der Waals surface area contributed by atoms with Gasteiger partial charge in [-0.25, -0.2) is 9.50 Å². The van der Waals surface area contributed by atoms with Crippen LogP contribution in [0.3, 0.4) is 0 Å². The minimum Gasteiger partial charge on any atom is -0.497 e. The van der Waals surface area contributed by atoms with Crippen molar-refractivity contribution < 1.29 is 19.0 Å². The summed E-state index contributed by atoms with van der Waals surface area (Å²) in [5.41, 5.74) is 3.29. The Morgan fingerprint density at radius 3 is 2.32 bits per heavy atom. The van der Waals surface area contributed by atoms with E-state index in [0.29, 0.717) is 39.9 Å². The molecule has 0 aliphatic carbocycles. The minimum absolute atomic E-state index is 0.0894. The van der Waals surface area contributed by atoms with Gasteiger partial charge in [0, 0.05) is 29.1 Å². The molecule has 0 unspecified atom stereocenters. The molecule has 5 rings (SSSR count). The molecule has 5 aromatic rings. The smallest absolute Gasteiger partial charge is 0.277 e. The van der Waals surface area contributed by atoms with Crippen molar-refractivity contribution >= 4 is 5.52 Å². The first kappa shape index (κ1) is 24.3. The Morgan fingerprint density at radius 1 is 1.00 bits per heavy atom. The van der Waals surface area contributed by atoms with Crippen LogP contribution in [0.2, 0.25) is 0 Å². The highest BCUT2D eigenvalue weighted by molar-refractivity contribution is 5.72. The van der Waals surface area contributed by atoms with Crippen LogP contribution >= 0.6 is 0 Å². The van der Waals surface area contributed by atoms with Crippen molar-refractivity contribution in [1.29, 1.82) is 0 Å². The van der Waals surface area contributed by atoms with E-state index in [1.54, 1.807) is 24.1 Å². The maximum absolute atomic E-state index is 13.5. The lowest BCUT2D eigenvalue weighted by atomic mass is 10.1. The summed E-state index contributed by atoms with van der Waals surface area (Å²) in [6.45, 7) is 5.67. The zero-order valence-electron chi connectivity index (χ0n) is 21.1. The fourth-order valence-corrected chi connectivity index (χ4v) is 4.21. The maximum Gasteiger partial charge on any atom is 0.277 e. The second-order valence-electron chi connectivity index (χ2n) is 8.95. The lowest BCUT2D eigenvalue weighted by molar-refractivity contribution is 0.242. The number of nitrogens with zero attached hydrogens (tertiary/aromatic N) is 4. The standard InChI is InChI=1S/C28H28N4O5/c1-17(2)36-22-11-7-20(8-12-22)27-29-24(18(3)37-27)15-31-13-14-32-26(28(31)34)23(16-33)25(30-32)19-5-9-21(35-4)10-6-19/h5-14,17,33H,15-16H2,1-4H3. The van der Waals surface area contributed by atoms with Gasteiger partial charge in [-0.2, -0.15) is 5.10 Å². The van der Waals surface area contributed by atoms with E-state index in [1.165, 1.54) is 4.52 Å². The van der Waals surface area contributed by atoms with E-state index in [2.05, 4.69) is 10.1 Å². The predicted octanol–water partition coefficient (Wildman–Crippen LogP) is 4.46. The van der Waals surface area contributed by atoms with Crippen molar-refractivity contribution in [3.63, 3.8) is 0 Å². The molecule has 3 heterocycles. The first-order chi connectivity index (χ1) is 17.9. The van der Waals surface area contributed by atoms with E-state index in [0.717, 1.165) is 16.9 Å². The summed E-state index contributed by atoms with van der Waals surface area (Å²) in [5.74, 6) is 2.58. The molecule has 37 heavy (non-hydrogen) atoms. The average molecular weight is 501 g/mol. The Hall–Kier alpha value is -4.37. The largest absolute Gasteiger partial charge is 0.497 e. The van der Waals surface area contributed by atoms with Gasteiger partial charge in [0.15, 0.2) is 0 Å². The van der Waals surface area contributed by atoms with E-state index in [1.807, 2.05) is 69.3 Å². The number of oxazole rings is 1. The summed E-state index contributed by atoms with van der Waals surface area (Å²) in [5, 5.41) is 14.7. The number of aromatic nitrogens is 4. The number of aliphatic hydroxyl groups is 1. The predicted molar refractivity (Wildman–Crippen MR) is 139 cm³/mol. The lowest BCUT2D eigenvalue weighted by Crippen LogP contribution is -2.23. The second kappa shape index (κ2) is 9.94. The zero-order chi connectivity index (χ0) is 26.1. The molecule has 0 atom stereocenters. The number of rotatable bonds is 8. The molecule has 9 heteroatoms. The number of hydrogen-bond acceptors (Lipinski definition) is 7. The number of hydrogen-bond donors (Lipinski definition) is 1. The van der Waals surface area contributed by atoms with E-state index in [-0.39, 0.29) is 24.8 Å². The normalized spacial score (nSPS) is 11.4. The van der Waals surface area contributed by atoms with Crippen LogP contribution in [0.15, 0.2) is 70.1 Å². The molecule has 0 bridgehead atoms. The highest BCUT2D eigenvalue weighted by Crippen LogP contribution is 2.27. The molecule has 0 aliphatic heterocycles. The third-order valence-electron chi connectivity index (χ3n) is 6.07. The number of aliphatic hydroxyl groups excluding tert-OH is 1. The van der Waals surface area contributed by atoms with Gasteiger partial charge in [-0.3, -0.25) is 4.79 Å². The first-order valence-electron chi connectivity index (χ1n) is 12.0. The van der Waals surface area contributed by atoms with Crippen molar-refractivity contribution in [2.45, 2.75) is 40.0 Å². The van der Waals surface area contributed by atoms with Gasteiger partial charge in [0.25, 0.3) is 5.56 Å². The van der Waals surface area contributed by atoms with Gasteiger partial charge in [-0.05, 0) is 69.3 Å². The highest BCUT2D eigenvalue weighted by Gasteiger charge is 2.19. The van der Waals surface area contributed by atoms with Gasteiger partial charge >= 0.3 is 0 Å². The molecule has 3 aromatic heterocycles. The number of aryl methyl sites for hydroxylation is 1. The van der Waals surface area contributed by atoms with Crippen molar-refractivity contribution in [2.24, 2.45) is 0 Å². The van der Waals surface area contributed by atoms with Crippen LogP contribution in [0.1, 0.15) is 30.9 Å². The van der Waals surface area contributed by atoms with Crippen molar-refractivity contribution in [1.82, 2.24) is 19.2 Å². The van der Waals surface area contributed by atoms with Crippen LogP contribution in [-0.4, -0.2) is 37.5 Å². The molecule has 190 valence electrons. The molecule has 0 fully saturated rings. The molecule has 0 spiro atoms. The van der Waals surface area contributed by atoms with Crippen LogP contribution < -0.4 is 15.0 Å². The average Bonchev–Trinajstić information content (AvgIpc) is 3.46. The molecule has 0 saturated heterocycles. The van der Waals surface area contributed by atoms with Gasteiger partial charge in [-0.1, -0.05) is 0 Å². The Kier molecular flexibility index (Phi) is 6.54. The Labute approximate surface area is 213 Å². The quantitative estimate of drug-likeness (QED) is 0.335. The van der Waals surface area contributed by atoms with Crippen LogP contribution in [-0.2, 0) is 13.2 Å². The first-order valence-corrected chi connectivity index (χ1v) is 12.0. The van der Waals surface area contributed by atoms with E-state index in [4.69, 9.17) is 13.9 Å². The molecule has 2 aromatic carbocycles. The molecule has 0 aliphatic rings. The number of benzene rings is 2. The van der Waals surface area contributed by atoms with Gasteiger partial charge in [0.1, 0.15) is 28.5 Å². The topological polar surface area (TPSA) is 104 Å². The van der Waals surface area contributed by atoms with Crippen molar-refractivity contribution in [3.8, 4) is 34.2 Å². The number of ether oxygens (including phenoxy) is 2. The lowest BCUT2D eigenvalue weighted by Gasteiger charge is -2.09. The molecule has 0 amide bonds. The van der Waals surface area contributed by atoms with Gasteiger partial charge in [0.05, 0.1) is 32.1 Å². The van der Waals surface area contributed by atoms with Crippen molar-refractivity contribution in [2.75, 3.05) is 7.11 Å². The summed E-state index contributed by atoms with van der Waals surface area (Å²) in [6.07, 6.45) is 3.45. The molecular formula is C28H28N4O5. The van der Waals surface area contributed by atoms with Crippen LogP contribution in [0, 0.1) is 6.92 Å². The van der Waals surface area contributed by atoms with Crippen LogP contribution in [0.4, 0.5) is 0 Å². The molecule has 9 nitrogen and oxygen atoms in total. The molecule has 0 saturated carbocycles.